The van der Waals surface area contributed by atoms with Gasteiger partial charge >= 0.3 is 0 Å². The summed E-state index contributed by atoms with van der Waals surface area (Å²) in [6.07, 6.45) is -0.220. The second kappa shape index (κ2) is 4.47. The molecule has 0 aromatic rings. The van der Waals surface area contributed by atoms with Gasteiger partial charge < -0.3 is 19.5 Å². The Morgan fingerprint density at radius 2 is 1.67 bits per heavy atom. The molecule has 1 heterocycles. The maximum Gasteiger partial charge on any atom is 0.254 e. The van der Waals surface area contributed by atoms with Crippen LogP contribution in [0, 0.1) is 0 Å². The van der Waals surface area contributed by atoms with E-state index in [-0.39, 0.29) is 18.1 Å². The van der Waals surface area contributed by atoms with Gasteiger partial charge in [0.2, 0.25) is 0 Å². The van der Waals surface area contributed by atoms with Gasteiger partial charge in [0, 0.05) is 27.3 Å². The zero-order chi connectivity index (χ0) is 11.6. The molecular weight excluding hydrogens is 198 g/mol. The zero-order valence-electron chi connectivity index (χ0n) is 9.69. The molecule has 1 N–H and O–H groups in total. The van der Waals surface area contributed by atoms with E-state index in [1.807, 2.05) is 0 Å². The number of nitrogens with zero attached hydrogens (tertiary/aromatic N) is 1. The Morgan fingerprint density at radius 1 is 1.27 bits per heavy atom. The molecule has 0 saturated carbocycles. The lowest BCUT2D eigenvalue weighted by atomic mass is 10.1. The first-order chi connectivity index (χ1) is 6.90. The lowest BCUT2D eigenvalue weighted by Gasteiger charge is -2.24. The van der Waals surface area contributed by atoms with E-state index >= 15 is 0 Å². The Hall–Kier alpha value is -0.650. The fraction of sp³-hybridized carbons (Fsp3) is 0.900. The molecule has 1 fully saturated rings. The summed E-state index contributed by atoms with van der Waals surface area (Å²) >= 11 is 0. The number of hydrogen-bond acceptors (Lipinski definition) is 4. The van der Waals surface area contributed by atoms with Crippen molar-refractivity contribution >= 4 is 5.91 Å². The van der Waals surface area contributed by atoms with Crippen LogP contribution >= 0.6 is 0 Å². The fourth-order valence-electron chi connectivity index (χ4n) is 1.75. The number of carbonyl (C=O) groups excluding carboxylic acids is 1. The Labute approximate surface area is 90.0 Å². The van der Waals surface area contributed by atoms with Crippen molar-refractivity contribution in [2.75, 3.05) is 27.3 Å². The van der Waals surface area contributed by atoms with Crippen molar-refractivity contribution in [1.29, 1.82) is 0 Å². The maximum absolute atomic E-state index is 11.8. The van der Waals surface area contributed by atoms with Gasteiger partial charge in [0.15, 0.2) is 0 Å². The Balaban J connectivity index is 2.65. The third kappa shape index (κ3) is 2.68. The molecule has 1 rings (SSSR count). The molecule has 5 heteroatoms. The predicted molar refractivity (Wildman–Crippen MR) is 54.5 cm³/mol. The van der Waals surface area contributed by atoms with Crippen LogP contribution in [0.25, 0.3) is 0 Å². The standard InChI is InChI=1S/C10H19NO4/c1-10(2,13)9(12)11-5-7(14-3)8(6-11)15-4/h7-8,13H,5-6H2,1-4H3. The van der Waals surface area contributed by atoms with Crippen LogP contribution < -0.4 is 0 Å². The summed E-state index contributed by atoms with van der Waals surface area (Å²) < 4.78 is 10.4. The first-order valence-corrected chi connectivity index (χ1v) is 4.97. The van der Waals surface area contributed by atoms with E-state index in [2.05, 4.69) is 0 Å². The molecule has 0 aromatic heterocycles. The predicted octanol–water partition coefficient (Wildman–Crippen LogP) is -0.370. The summed E-state index contributed by atoms with van der Waals surface area (Å²) in [6.45, 7) is 3.91. The van der Waals surface area contributed by atoms with Crippen LogP contribution in [0.1, 0.15) is 13.8 Å². The first kappa shape index (κ1) is 12.4. The first-order valence-electron chi connectivity index (χ1n) is 4.97. The molecule has 0 aliphatic carbocycles. The minimum atomic E-state index is -1.33. The Morgan fingerprint density at radius 3 is 1.93 bits per heavy atom. The van der Waals surface area contributed by atoms with Crippen molar-refractivity contribution in [3.8, 4) is 0 Å². The second-order valence-corrected chi connectivity index (χ2v) is 4.32. The van der Waals surface area contributed by atoms with Crippen LogP contribution in [0.5, 0.6) is 0 Å². The smallest absolute Gasteiger partial charge is 0.254 e. The van der Waals surface area contributed by atoms with Crippen molar-refractivity contribution in [3.63, 3.8) is 0 Å². The molecule has 15 heavy (non-hydrogen) atoms. The van der Waals surface area contributed by atoms with Gasteiger partial charge in [-0.25, -0.2) is 0 Å². The Bertz CT molecular complexity index is 224. The number of rotatable bonds is 3. The molecule has 1 amide bonds. The summed E-state index contributed by atoms with van der Waals surface area (Å²) in [7, 11) is 3.18. The van der Waals surface area contributed by atoms with Gasteiger partial charge in [-0.3, -0.25) is 4.79 Å². The summed E-state index contributed by atoms with van der Waals surface area (Å²) in [4.78, 5) is 13.3. The number of hydrogen-bond donors (Lipinski definition) is 1. The van der Waals surface area contributed by atoms with Crippen LogP contribution in [-0.2, 0) is 14.3 Å². The highest BCUT2D eigenvalue weighted by Crippen LogP contribution is 2.19. The average Bonchev–Trinajstić information content (AvgIpc) is 2.57. The summed E-state index contributed by atoms with van der Waals surface area (Å²) in [5.74, 6) is -0.288. The van der Waals surface area contributed by atoms with Crippen LogP contribution in [0.4, 0.5) is 0 Å². The molecule has 2 atom stereocenters. The van der Waals surface area contributed by atoms with Crippen LogP contribution in [-0.4, -0.2) is 61.0 Å². The Kier molecular flexibility index (Phi) is 3.70. The number of methoxy groups -OCH3 is 2. The van der Waals surface area contributed by atoms with E-state index in [1.165, 1.54) is 13.8 Å². The molecule has 5 nitrogen and oxygen atoms in total. The van der Waals surface area contributed by atoms with Crippen LogP contribution in [0.2, 0.25) is 0 Å². The topological polar surface area (TPSA) is 59.0 Å². The minimum Gasteiger partial charge on any atom is -0.381 e. The molecule has 0 spiro atoms. The number of amides is 1. The third-order valence-corrected chi connectivity index (χ3v) is 2.63. The molecule has 0 bridgehead atoms. The molecule has 0 aromatic carbocycles. The van der Waals surface area contributed by atoms with Crippen molar-refractivity contribution in [2.45, 2.75) is 31.7 Å². The fourth-order valence-corrected chi connectivity index (χ4v) is 1.75. The van der Waals surface area contributed by atoms with Gasteiger partial charge in [-0.05, 0) is 13.8 Å². The number of ether oxygens (including phenoxy) is 2. The second-order valence-electron chi connectivity index (χ2n) is 4.32. The molecule has 1 aliphatic rings. The van der Waals surface area contributed by atoms with Crippen molar-refractivity contribution in [2.24, 2.45) is 0 Å². The van der Waals surface area contributed by atoms with Gasteiger partial charge in [0.25, 0.3) is 5.91 Å². The average molecular weight is 217 g/mol. The summed E-state index contributed by atoms with van der Waals surface area (Å²) in [5, 5.41) is 9.59. The molecule has 2 unspecified atom stereocenters. The number of aliphatic hydroxyl groups is 1. The van der Waals surface area contributed by atoms with E-state index in [9.17, 15) is 9.90 Å². The van der Waals surface area contributed by atoms with Crippen molar-refractivity contribution in [1.82, 2.24) is 4.90 Å². The van der Waals surface area contributed by atoms with Gasteiger partial charge in [-0.2, -0.15) is 0 Å². The lowest BCUT2D eigenvalue weighted by molar-refractivity contribution is -0.147. The van der Waals surface area contributed by atoms with Crippen LogP contribution in [0.3, 0.4) is 0 Å². The molecular formula is C10H19NO4. The summed E-state index contributed by atoms with van der Waals surface area (Å²) in [5.41, 5.74) is -1.33. The van der Waals surface area contributed by atoms with Gasteiger partial charge in [-0.1, -0.05) is 0 Å². The number of carbonyl (C=O) groups is 1. The number of likely N-dealkylation sites (tertiary alicyclic amines) is 1. The van der Waals surface area contributed by atoms with E-state index in [4.69, 9.17) is 9.47 Å². The quantitative estimate of drug-likeness (QED) is 0.700. The SMILES string of the molecule is COC1CN(C(=O)C(C)(C)O)CC1OC. The molecule has 88 valence electrons. The minimum absolute atomic E-state index is 0.110. The van der Waals surface area contributed by atoms with Gasteiger partial charge in [-0.15, -0.1) is 0 Å². The monoisotopic (exact) mass is 217 g/mol. The molecule has 0 radical (unpaired) electrons. The molecule has 1 saturated heterocycles. The zero-order valence-corrected chi connectivity index (χ0v) is 9.69. The van der Waals surface area contributed by atoms with Crippen LogP contribution in [0.15, 0.2) is 0 Å². The highest BCUT2D eigenvalue weighted by atomic mass is 16.5. The van der Waals surface area contributed by atoms with Crippen molar-refractivity contribution < 1.29 is 19.4 Å². The van der Waals surface area contributed by atoms with E-state index < -0.39 is 5.60 Å². The maximum atomic E-state index is 11.8. The summed E-state index contributed by atoms with van der Waals surface area (Å²) in [6, 6.07) is 0. The third-order valence-electron chi connectivity index (χ3n) is 2.63. The molecule has 1 aliphatic heterocycles. The highest BCUT2D eigenvalue weighted by molar-refractivity contribution is 5.84. The van der Waals surface area contributed by atoms with E-state index in [1.54, 1.807) is 19.1 Å². The highest BCUT2D eigenvalue weighted by Gasteiger charge is 2.39. The van der Waals surface area contributed by atoms with E-state index in [0.29, 0.717) is 13.1 Å². The van der Waals surface area contributed by atoms with Gasteiger partial charge in [0.1, 0.15) is 17.8 Å². The lowest BCUT2D eigenvalue weighted by Crippen LogP contribution is -2.44. The van der Waals surface area contributed by atoms with E-state index in [0.717, 1.165) is 0 Å². The largest absolute Gasteiger partial charge is 0.381 e. The normalized spacial score (nSPS) is 27.1. The van der Waals surface area contributed by atoms with Crippen molar-refractivity contribution in [3.05, 3.63) is 0 Å². The van der Waals surface area contributed by atoms with Gasteiger partial charge in [0.05, 0.1) is 0 Å².